The molecule has 2 unspecified atom stereocenters. The molecule has 78 valence electrons. The Hall–Kier alpha value is -0.0800. The van der Waals surface area contributed by atoms with Gasteiger partial charge in [-0.2, -0.15) is 0 Å². The number of likely N-dealkylation sites (N-methyl/N-ethyl adjacent to an activating group) is 1. The van der Waals surface area contributed by atoms with E-state index >= 15 is 0 Å². The van der Waals surface area contributed by atoms with Gasteiger partial charge in [0.05, 0.1) is 0 Å². The Morgan fingerprint density at radius 3 is 2.69 bits per heavy atom. The summed E-state index contributed by atoms with van der Waals surface area (Å²) in [5.74, 6) is 0.749. The molecule has 0 bridgehead atoms. The van der Waals surface area contributed by atoms with E-state index in [2.05, 4.69) is 37.9 Å². The molecular formula is C11H24N2. The quantitative estimate of drug-likeness (QED) is 0.703. The van der Waals surface area contributed by atoms with E-state index < -0.39 is 0 Å². The minimum atomic E-state index is 0.685. The van der Waals surface area contributed by atoms with E-state index in [-0.39, 0.29) is 0 Å². The van der Waals surface area contributed by atoms with Crippen molar-refractivity contribution in [2.75, 3.05) is 19.6 Å². The van der Waals surface area contributed by atoms with Gasteiger partial charge in [0, 0.05) is 18.6 Å². The molecule has 0 aromatic carbocycles. The van der Waals surface area contributed by atoms with Gasteiger partial charge in [-0.15, -0.1) is 0 Å². The van der Waals surface area contributed by atoms with Gasteiger partial charge in [0.15, 0.2) is 0 Å². The van der Waals surface area contributed by atoms with Crippen LogP contribution >= 0.6 is 0 Å². The third-order valence-corrected chi connectivity index (χ3v) is 3.23. The maximum absolute atomic E-state index is 3.63. The van der Waals surface area contributed by atoms with Gasteiger partial charge >= 0.3 is 0 Å². The topological polar surface area (TPSA) is 15.3 Å². The number of hydrogen-bond acceptors (Lipinski definition) is 2. The molecular weight excluding hydrogens is 160 g/mol. The highest BCUT2D eigenvalue weighted by molar-refractivity contribution is 4.81. The molecule has 2 nitrogen and oxygen atoms in total. The zero-order valence-corrected chi connectivity index (χ0v) is 9.51. The number of nitrogens with zero attached hydrogens (tertiary/aromatic N) is 1. The van der Waals surface area contributed by atoms with Crippen molar-refractivity contribution in [2.45, 2.75) is 46.2 Å². The van der Waals surface area contributed by atoms with Crippen LogP contribution in [0.4, 0.5) is 0 Å². The first-order valence-corrected chi connectivity index (χ1v) is 5.62. The van der Waals surface area contributed by atoms with E-state index in [1.54, 1.807) is 0 Å². The molecule has 0 aromatic heterocycles. The van der Waals surface area contributed by atoms with Crippen LogP contribution in [0.2, 0.25) is 0 Å². The number of hydrogen-bond donors (Lipinski definition) is 1. The van der Waals surface area contributed by atoms with Crippen molar-refractivity contribution in [2.24, 2.45) is 5.92 Å². The van der Waals surface area contributed by atoms with Gasteiger partial charge in [-0.25, -0.2) is 0 Å². The summed E-state index contributed by atoms with van der Waals surface area (Å²) >= 11 is 0. The largest absolute Gasteiger partial charge is 0.312 e. The summed E-state index contributed by atoms with van der Waals surface area (Å²) in [7, 11) is 0. The van der Waals surface area contributed by atoms with Gasteiger partial charge < -0.3 is 5.32 Å². The zero-order chi connectivity index (χ0) is 9.84. The summed E-state index contributed by atoms with van der Waals surface area (Å²) in [4.78, 5) is 2.59. The van der Waals surface area contributed by atoms with Gasteiger partial charge in [0.25, 0.3) is 0 Å². The van der Waals surface area contributed by atoms with Crippen molar-refractivity contribution < 1.29 is 0 Å². The van der Waals surface area contributed by atoms with Crippen molar-refractivity contribution in [1.82, 2.24) is 10.2 Å². The van der Waals surface area contributed by atoms with Crippen LogP contribution in [0.3, 0.4) is 0 Å². The second kappa shape index (κ2) is 4.97. The fraction of sp³-hybridized carbons (Fsp3) is 1.00. The lowest BCUT2D eigenvalue weighted by atomic mass is 10.0. The molecule has 1 aliphatic rings. The lowest BCUT2D eigenvalue weighted by molar-refractivity contribution is 0.202. The monoisotopic (exact) mass is 184 g/mol. The molecule has 2 atom stereocenters. The Balaban J connectivity index is 2.53. The SMILES string of the molecule is CCN1CC(C(C)C)NCCC1C. The number of rotatable bonds is 2. The van der Waals surface area contributed by atoms with Gasteiger partial charge in [0.1, 0.15) is 0 Å². The van der Waals surface area contributed by atoms with Crippen molar-refractivity contribution in [3.63, 3.8) is 0 Å². The fourth-order valence-electron chi connectivity index (χ4n) is 2.04. The molecule has 0 aliphatic carbocycles. The predicted octanol–water partition coefficient (Wildman–Crippen LogP) is 1.71. The Morgan fingerprint density at radius 1 is 1.46 bits per heavy atom. The molecule has 1 rings (SSSR count). The molecule has 1 fully saturated rings. The van der Waals surface area contributed by atoms with E-state index in [1.807, 2.05) is 0 Å². The van der Waals surface area contributed by atoms with Crippen LogP contribution in [0.5, 0.6) is 0 Å². The van der Waals surface area contributed by atoms with Gasteiger partial charge in [-0.05, 0) is 32.4 Å². The average molecular weight is 184 g/mol. The van der Waals surface area contributed by atoms with Crippen molar-refractivity contribution in [3.05, 3.63) is 0 Å². The van der Waals surface area contributed by atoms with Crippen LogP contribution in [0.15, 0.2) is 0 Å². The molecule has 0 radical (unpaired) electrons. The first kappa shape index (κ1) is 11.0. The minimum Gasteiger partial charge on any atom is -0.312 e. The van der Waals surface area contributed by atoms with E-state index in [9.17, 15) is 0 Å². The van der Waals surface area contributed by atoms with Crippen LogP contribution < -0.4 is 5.32 Å². The highest BCUT2D eigenvalue weighted by atomic mass is 15.2. The van der Waals surface area contributed by atoms with Gasteiger partial charge in [0.2, 0.25) is 0 Å². The molecule has 0 spiro atoms. The van der Waals surface area contributed by atoms with Crippen LogP contribution in [-0.2, 0) is 0 Å². The maximum Gasteiger partial charge on any atom is 0.0218 e. The summed E-state index contributed by atoms with van der Waals surface area (Å²) in [6.45, 7) is 12.8. The summed E-state index contributed by atoms with van der Waals surface area (Å²) in [5, 5.41) is 3.63. The van der Waals surface area contributed by atoms with Crippen molar-refractivity contribution >= 4 is 0 Å². The molecule has 13 heavy (non-hydrogen) atoms. The van der Waals surface area contributed by atoms with Crippen LogP contribution in [0.1, 0.15) is 34.1 Å². The standard InChI is InChI=1S/C11H24N2/c1-5-13-8-11(9(2)3)12-7-6-10(13)4/h9-12H,5-8H2,1-4H3. The van der Waals surface area contributed by atoms with Gasteiger partial charge in [-0.3, -0.25) is 4.90 Å². The van der Waals surface area contributed by atoms with Crippen LogP contribution in [0, 0.1) is 5.92 Å². The first-order valence-electron chi connectivity index (χ1n) is 5.62. The second-order valence-corrected chi connectivity index (χ2v) is 4.53. The summed E-state index contributed by atoms with van der Waals surface area (Å²) in [6.07, 6.45) is 1.29. The van der Waals surface area contributed by atoms with Crippen LogP contribution in [0.25, 0.3) is 0 Å². The van der Waals surface area contributed by atoms with Crippen molar-refractivity contribution in [3.8, 4) is 0 Å². The smallest absolute Gasteiger partial charge is 0.0218 e. The molecule has 1 N–H and O–H groups in total. The van der Waals surface area contributed by atoms with E-state index in [4.69, 9.17) is 0 Å². The Labute approximate surface area is 82.7 Å². The average Bonchev–Trinajstić information content (AvgIpc) is 2.27. The Kier molecular flexibility index (Phi) is 4.20. The highest BCUT2D eigenvalue weighted by Gasteiger charge is 2.22. The molecule has 1 aliphatic heterocycles. The van der Waals surface area contributed by atoms with Crippen LogP contribution in [-0.4, -0.2) is 36.6 Å². The first-order chi connectivity index (χ1) is 6.15. The molecule has 0 amide bonds. The molecule has 0 saturated carbocycles. The predicted molar refractivity (Wildman–Crippen MR) is 58.0 cm³/mol. The lowest BCUT2D eigenvalue weighted by Crippen LogP contribution is -2.42. The third kappa shape index (κ3) is 2.96. The fourth-order valence-corrected chi connectivity index (χ4v) is 2.04. The lowest BCUT2D eigenvalue weighted by Gasteiger charge is -2.29. The minimum absolute atomic E-state index is 0.685. The van der Waals surface area contributed by atoms with E-state index in [1.165, 1.54) is 26.1 Å². The summed E-state index contributed by atoms with van der Waals surface area (Å²) < 4.78 is 0. The Bertz CT molecular complexity index is 145. The number of nitrogens with one attached hydrogen (secondary N) is 1. The highest BCUT2D eigenvalue weighted by Crippen LogP contribution is 2.12. The Morgan fingerprint density at radius 2 is 2.15 bits per heavy atom. The maximum atomic E-state index is 3.63. The molecule has 1 heterocycles. The normalized spacial score (nSPS) is 32.1. The molecule has 2 heteroatoms. The summed E-state index contributed by atoms with van der Waals surface area (Å²) in [6, 6.07) is 1.44. The van der Waals surface area contributed by atoms with Crippen molar-refractivity contribution in [1.29, 1.82) is 0 Å². The van der Waals surface area contributed by atoms with E-state index in [0.717, 1.165) is 12.0 Å². The van der Waals surface area contributed by atoms with Gasteiger partial charge in [-0.1, -0.05) is 20.8 Å². The zero-order valence-electron chi connectivity index (χ0n) is 9.51. The summed E-state index contributed by atoms with van der Waals surface area (Å²) in [5.41, 5.74) is 0. The third-order valence-electron chi connectivity index (χ3n) is 3.23. The molecule has 1 saturated heterocycles. The molecule has 0 aromatic rings. The second-order valence-electron chi connectivity index (χ2n) is 4.53. The van der Waals surface area contributed by atoms with E-state index in [0.29, 0.717) is 6.04 Å².